The van der Waals surface area contributed by atoms with E-state index < -0.39 is 11.9 Å². The van der Waals surface area contributed by atoms with Gasteiger partial charge in [-0.05, 0) is 12.8 Å². The summed E-state index contributed by atoms with van der Waals surface area (Å²) in [6.45, 7) is 4.96. The van der Waals surface area contributed by atoms with E-state index in [-0.39, 0.29) is 6.61 Å². The van der Waals surface area contributed by atoms with Crippen LogP contribution in [-0.4, -0.2) is 25.2 Å². The van der Waals surface area contributed by atoms with Crippen LogP contribution in [0.15, 0.2) is 0 Å². The Balaban J connectivity index is 2.41. The summed E-state index contributed by atoms with van der Waals surface area (Å²) >= 11 is 0. The second-order valence-electron chi connectivity index (χ2n) is 3.50. The van der Waals surface area contributed by atoms with Crippen molar-refractivity contribution in [3.8, 4) is 0 Å². The van der Waals surface area contributed by atoms with Crippen LogP contribution in [-0.2, 0) is 14.2 Å². The normalized spacial score (nSPS) is 26.0. The van der Waals surface area contributed by atoms with E-state index in [0.29, 0.717) is 13.0 Å². The highest BCUT2D eigenvalue weighted by Gasteiger charge is 2.42. The molecule has 0 aromatic heterocycles. The molecule has 1 rings (SSSR count). The number of ether oxygens (including phenoxy) is 3. The van der Waals surface area contributed by atoms with Crippen molar-refractivity contribution in [1.82, 2.24) is 0 Å². The minimum atomic E-state index is -0.805. The molecule has 0 amide bonds. The second kappa shape index (κ2) is 5.20. The van der Waals surface area contributed by atoms with Gasteiger partial charge in [0.1, 0.15) is 0 Å². The Kier molecular flexibility index (Phi) is 4.20. The van der Waals surface area contributed by atoms with Crippen molar-refractivity contribution in [3.63, 3.8) is 0 Å². The van der Waals surface area contributed by atoms with E-state index in [4.69, 9.17) is 14.2 Å². The Bertz CT molecular complexity index is 193. The highest BCUT2D eigenvalue weighted by molar-refractivity contribution is 5.62. The van der Waals surface area contributed by atoms with E-state index in [1.165, 1.54) is 0 Å². The molecule has 0 bridgehead atoms. The predicted molar refractivity (Wildman–Crippen MR) is 50.9 cm³/mol. The molecule has 1 saturated heterocycles. The molecule has 0 saturated carbocycles. The van der Waals surface area contributed by atoms with Crippen molar-refractivity contribution in [3.05, 3.63) is 0 Å². The number of cyclic esters (lactones) is 2. The molecular weight excluding hydrogens is 184 g/mol. The van der Waals surface area contributed by atoms with Gasteiger partial charge in [0.25, 0.3) is 5.79 Å². The molecule has 1 unspecified atom stereocenters. The molecule has 0 spiro atoms. The van der Waals surface area contributed by atoms with Crippen LogP contribution in [0.1, 0.15) is 39.5 Å². The zero-order valence-electron chi connectivity index (χ0n) is 8.88. The van der Waals surface area contributed by atoms with Crippen molar-refractivity contribution in [1.29, 1.82) is 0 Å². The number of hydrogen-bond donors (Lipinski definition) is 0. The molecule has 4 nitrogen and oxygen atoms in total. The van der Waals surface area contributed by atoms with Gasteiger partial charge in [-0.3, -0.25) is 0 Å². The molecule has 0 N–H and O–H groups in total. The summed E-state index contributed by atoms with van der Waals surface area (Å²) in [5.74, 6) is -0.805. The van der Waals surface area contributed by atoms with E-state index in [1.54, 1.807) is 0 Å². The molecule has 0 radical (unpaired) electrons. The number of unbranched alkanes of at least 4 members (excludes halogenated alkanes) is 1. The van der Waals surface area contributed by atoms with Crippen molar-refractivity contribution >= 4 is 6.16 Å². The number of rotatable bonds is 6. The highest BCUT2D eigenvalue weighted by atomic mass is 16.8. The monoisotopic (exact) mass is 202 g/mol. The lowest BCUT2D eigenvalue weighted by molar-refractivity contribution is -0.184. The maximum absolute atomic E-state index is 10.8. The zero-order chi connectivity index (χ0) is 10.4. The van der Waals surface area contributed by atoms with Gasteiger partial charge in [-0.1, -0.05) is 20.3 Å². The highest BCUT2D eigenvalue weighted by Crippen LogP contribution is 2.27. The van der Waals surface area contributed by atoms with Gasteiger partial charge in [-0.2, -0.15) is 0 Å². The third kappa shape index (κ3) is 2.87. The maximum Gasteiger partial charge on any atom is 0.511 e. The minimum Gasteiger partial charge on any atom is -0.427 e. The Morgan fingerprint density at radius 3 is 2.71 bits per heavy atom. The number of hydrogen-bond acceptors (Lipinski definition) is 4. The van der Waals surface area contributed by atoms with Gasteiger partial charge in [-0.15, -0.1) is 0 Å². The first-order chi connectivity index (χ1) is 6.72. The lowest BCUT2D eigenvalue weighted by Crippen LogP contribution is -2.35. The number of carbonyl (C=O) groups excluding carboxylic acids is 1. The van der Waals surface area contributed by atoms with Crippen LogP contribution in [0.5, 0.6) is 0 Å². The molecular formula is C10H18O4. The van der Waals surface area contributed by atoms with E-state index >= 15 is 0 Å². The lowest BCUT2D eigenvalue weighted by atomic mass is 10.1. The van der Waals surface area contributed by atoms with E-state index in [0.717, 1.165) is 19.3 Å². The molecule has 4 heteroatoms. The molecule has 82 valence electrons. The van der Waals surface area contributed by atoms with Crippen LogP contribution < -0.4 is 0 Å². The van der Waals surface area contributed by atoms with Crippen LogP contribution in [0, 0.1) is 0 Å². The number of carbonyl (C=O) groups is 1. The van der Waals surface area contributed by atoms with Crippen LogP contribution in [0.2, 0.25) is 0 Å². The zero-order valence-corrected chi connectivity index (χ0v) is 8.88. The Labute approximate surface area is 84.5 Å². The molecule has 1 atom stereocenters. The summed E-state index contributed by atoms with van der Waals surface area (Å²) in [5.41, 5.74) is 0. The SMILES string of the molecule is CCCCOC1(CCC)COC(=O)O1. The molecule has 0 aromatic carbocycles. The quantitative estimate of drug-likeness (QED) is 0.490. The lowest BCUT2D eigenvalue weighted by Gasteiger charge is -2.24. The summed E-state index contributed by atoms with van der Waals surface area (Å²) in [6.07, 6.45) is 3.03. The van der Waals surface area contributed by atoms with Gasteiger partial charge in [0, 0.05) is 6.42 Å². The fourth-order valence-corrected chi connectivity index (χ4v) is 1.43. The summed E-state index contributed by atoms with van der Waals surface area (Å²) < 4.78 is 15.4. The third-order valence-corrected chi connectivity index (χ3v) is 2.17. The average molecular weight is 202 g/mol. The van der Waals surface area contributed by atoms with Crippen LogP contribution in [0.3, 0.4) is 0 Å². The fourth-order valence-electron chi connectivity index (χ4n) is 1.43. The van der Waals surface area contributed by atoms with Gasteiger partial charge in [-0.25, -0.2) is 4.79 Å². The maximum atomic E-state index is 10.8. The van der Waals surface area contributed by atoms with Crippen molar-refractivity contribution in [2.75, 3.05) is 13.2 Å². The van der Waals surface area contributed by atoms with E-state index in [1.807, 2.05) is 6.92 Å². The third-order valence-electron chi connectivity index (χ3n) is 2.17. The Hall–Kier alpha value is -0.770. The van der Waals surface area contributed by atoms with E-state index in [9.17, 15) is 4.79 Å². The smallest absolute Gasteiger partial charge is 0.427 e. The predicted octanol–water partition coefficient (Wildman–Crippen LogP) is 2.47. The average Bonchev–Trinajstić information content (AvgIpc) is 2.49. The second-order valence-corrected chi connectivity index (χ2v) is 3.50. The Morgan fingerprint density at radius 1 is 1.43 bits per heavy atom. The summed E-state index contributed by atoms with van der Waals surface area (Å²) in [4.78, 5) is 10.8. The summed E-state index contributed by atoms with van der Waals surface area (Å²) in [7, 11) is 0. The molecule has 0 aromatic rings. The first-order valence-electron chi connectivity index (χ1n) is 5.22. The largest absolute Gasteiger partial charge is 0.511 e. The van der Waals surface area contributed by atoms with Crippen LogP contribution in [0.4, 0.5) is 4.79 Å². The van der Waals surface area contributed by atoms with Gasteiger partial charge >= 0.3 is 6.16 Å². The molecule has 1 aliphatic heterocycles. The topological polar surface area (TPSA) is 44.8 Å². The van der Waals surface area contributed by atoms with Crippen LogP contribution >= 0.6 is 0 Å². The van der Waals surface area contributed by atoms with Crippen molar-refractivity contribution in [2.45, 2.75) is 45.3 Å². The molecule has 0 aliphatic carbocycles. The summed E-state index contributed by atoms with van der Waals surface area (Å²) in [6, 6.07) is 0. The minimum absolute atomic E-state index is 0.226. The molecule has 1 aliphatic rings. The van der Waals surface area contributed by atoms with Crippen molar-refractivity contribution < 1.29 is 19.0 Å². The molecule has 1 fully saturated rings. The van der Waals surface area contributed by atoms with Gasteiger partial charge < -0.3 is 14.2 Å². The van der Waals surface area contributed by atoms with Gasteiger partial charge in [0.15, 0.2) is 6.61 Å². The fraction of sp³-hybridized carbons (Fsp3) is 0.900. The first kappa shape index (κ1) is 11.3. The van der Waals surface area contributed by atoms with Crippen LogP contribution in [0.25, 0.3) is 0 Å². The van der Waals surface area contributed by atoms with E-state index in [2.05, 4.69) is 6.92 Å². The van der Waals surface area contributed by atoms with Gasteiger partial charge in [0.2, 0.25) is 0 Å². The first-order valence-corrected chi connectivity index (χ1v) is 5.22. The molecule has 14 heavy (non-hydrogen) atoms. The molecule has 1 heterocycles. The van der Waals surface area contributed by atoms with Gasteiger partial charge in [0.05, 0.1) is 6.61 Å². The standard InChI is InChI=1S/C10H18O4/c1-3-5-7-13-10(6-4-2)8-12-9(11)14-10/h3-8H2,1-2H3. The van der Waals surface area contributed by atoms with Crippen molar-refractivity contribution in [2.24, 2.45) is 0 Å². The summed E-state index contributed by atoms with van der Waals surface area (Å²) in [5, 5.41) is 0. The Morgan fingerprint density at radius 2 is 2.21 bits per heavy atom.